The Morgan fingerprint density at radius 2 is 0.678 bits per heavy atom. The fourth-order valence-corrected chi connectivity index (χ4v) is 9.87. The van der Waals surface area contributed by atoms with Crippen LogP contribution in [0.5, 0.6) is 12.0 Å². The Morgan fingerprint density at radius 3 is 0.847 bits per heavy atom. The number of hydrogen-bond donors (Lipinski definition) is 1. The first-order chi connectivity index (χ1) is 26.8. The van der Waals surface area contributed by atoms with E-state index in [9.17, 15) is 10.2 Å². The molecule has 0 fully saturated rings. The van der Waals surface area contributed by atoms with Gasteiger partial charge < -0.3 is 61.3 Å². The van der Waals surface area contributed by atoms with E-state index in [2.05, 4.69) is 79.7 Å². The van der Waals surface area contributed by atoms with Crippen molar-refractivity contribution in [2.75, 3.05) is 7.11 Å². The van der Waals surface area contributed by atoms with Crippen molar-refractivity contribution in [3.8, 4) is 57.1 Å². The van der Waals surface area contributed by atoms with Gasteiger partial charge in [0.05, 0.1) is 43.5 Å². The number of aromatic nitrogens is 4. The third-order valence-corrected chi connectivity index (χ3v) is 12.0. The maximum atomic E-state index is 12.5. The number of hydrogen-bond acceptors (Lipinski definition) is 16. The first-order valence-electron chi connectivity index (χ1n) is 16.5. The van der Waals surface area contributed by atoms with Crippen LogP contribution in [0, 0.1) is 140 Å². The number of aliphatic hydroxyl groups excluding tert-OH is 1. The minimum absolute atomic E-state index is 0. The first kappa shape index (κ1) is 54.7. The van der Waals surface area contributed by atoms with Crippen molar-refractivity contribution in [2.45, 2.75) is 55.4 Å². The maximum absolute atomic E-state index is 12.5. The van der Waals surface area contributed by atoms with E-state index in [-0.39, 0.29) is 50.2 Å². The molecule has 0 bridgehead atoms. The predicted molar refractivity (Wildman–Crippen MR) is 222 cm³/mol. The second-order valence-electron chi connectivity index (χ2n) is 12.2. The zero-order valence-corrected chi connectivity index (χ0v) is 39.6. The minimum Gasteiger partial charge on any atom is -0.810 e. The van der Waals surface area contributed by atoms with Crippen molar-refractivity contribution < 1.29 is 77.9 Å². The Hall–Kier alpha value is -4.35. The third kappa shape index (κ3) is 14.4. The zero-order chi connectivity index (χ0) is 45.1. The van der Waals surface area contributed by atoms with E-state index in [0.717, 1.165) is 29.9 Å². The second-order valence-corrected chi connectivity index (χ2v) is 18.0. The predicted octanol–water partition coefficient (Wildman–Crippen LogP) is 6.12. The standard InChI is InChI=1S/2C17H20N2OS2.CH4O.Dy.3NO3/c2*1-9-7-13(11(3)21-9)15-16(19(6)17(20)18(15)5)14-8-10(2)22-12(14)4;1-2;;3*2-1(3)4/h2*7-8H,1-6H3;2H,1H3;;;;/q;;;+3;3*-1. The summed E-state index contributed by atoms with van der Waals surface area (Å²) in [6.07, 6.45) is 0. The van der Waals surface area contributed by atoms with Gasteiger partial charge in [-0.25, -0.2) is 18.3 Å². The van der Waals surface area contributed by atoms with Crippen molar-refractivity contribution in [3.05, 3.63) is 109 Å². The number of imidazole rings is 2. The molecule has 6 aromatic rings. The molecule has 0 spiro atoms. The van der Waals surface area contributed by atoms with E-state index in [4.69, 9.17) is 51.1 Å². The molecule has 6 aromatic heterocycles. The Morgan fingerprint density at radius 1 is 0.492 bits per heavy atom. The van der Waals surface area contributed by atoms with E-state index in [1.54, 1.807) is 63.6 Å². The molecular weight excluding hydrogens is 1000 g/mol. The molecule has 0 unspecified atom stereocenters. The molecule has 24 heteroatoms. The quantitative estimate of drug-likeness (QED) is 0.119. The summed E-state index contributed by atoms with van der Waals surface area (Å²) in [5, 5.41) is 76.3. The molecule has 325 valence electrons. The van der Waals surface area contributed by atoms with Crippen molar-refractivity contribution in [1.29, 1.82) is 0 Å². The van der Waals surface area contributed by atoms with Crippen molar-refractivity contribution in [3.63, 3.8) is 0 Å². The van der Waals surface area contributed by atoms with Crippen LogP contribution in [-0.2, 0) is 28.2 Å². The van der Waals surface area contributed by atoms with Gasteiger partial charge in [0.2, 0.25) is 12.0 Å². The van der Waals surface area contributed by atoms with Crippen LogP contribution in [0.4, 0.5) is 0 Å². The smallest absolute Gasteiger partial charge is 0.810 e. The summed E-state index contributed by atoms with van der Waals surface area (Å²) in [6, 6.07) is 8.80. The molecule has 0 atom stereocenters. The summed E-state index contributed by atoms with van der Waals surface area (Å²) in [7, 11) is 8.45. The molecule has 0 saturated carbocycles. The Kier molecular flexibility index (Phi) is 22.3. The van der Waals surface area contributed by atoms with Gasteiger partial charge in [0, 0.05) is 68.4 Å². The van der Waals surface area contributed by atoms with Crippen molar-refractivity contribution in [2.24, 2.45) is 28.2 Å². The molecule has 0 aromatic carbocycles. The fourth-order valence-electron chi connectivity index (χ4n) is 6.16. The SMILES string of the molecule is CO.Cc1cc(-c2c(-c3cc(C)sc3C)[n+](C)c([O-])n2C)c(C)s1.Cc1cc(-c2c(-c3cc(C)sc3C)[n+](C)c([O-])n2C)c(C)s1.O=[N+]([O-])[O-].O=[N+]([O-])[O-].O=[N+]([O-])[O-].[Dy+3]. The Balaban J connectivity index is 0.000000858. The maximum Gasteiger partial charge on any atom is 3.00 e. The van der Waals surface area contributed by atoms with Gasteiger partial charge in [-0.05, 0) is 79.7 Å². The summed E-state index contributed by atoms with van der Waals surface area (Å²) in [5.74, 6) is 0. The molecular formula is C35H44DyN7O12S4. The van der Waals surface area contributed by atoms with Crippen LogP contribution < -0.4 is 19.3 Å². The van der Waals surface area contributed by atoms with Gasteiger partial charge in [-0.2, -0.15) is 0 Å². The number of aliphatic hydroxyl groups is 1. The van der Waals surface area contributed by atoms with Crippen molar-refractivity contribution in [1.82, 2.24) is 9.13 Å². The summed E-state index contributed by atoms with van der Waals surface area (Å²) in [6.45, 7) is 17.0. The van der Waals surface area contributed by atoms with Crippen LogP contribution in [0.3, 0.4) is 0 Å². The van der Waals surface area contributed by atoms with E-state index < -0.39 is 15.3 Å². The largest absolute Gasteiger partial charge is 3.00 e. The monoisotopic (exact) mass is 1050 g/mol. The van der Waals surface area contributed by atoms with E-state index in [1.807, 2.05) is 28.2 Å². The molecule has 19 nitrogen and oxygen atoms in total. The van der Waals surface area contributed by atoms with Crippen LogP contribution in [0.15, 0.2) is 24.3 Å². The van der Waals surface area contributed by atoms with Crippen LogP contribution >= 0.6 is 45.3 Å². The summed E-state index contributed by atoms with van der Waals surface area (Å²) in [4.78, 5) is 34.9. The Bertz CT molecular complexity index is 2050. The van der Waals surface area contributed by atoms with Gasteiger partial charge in [-0.3, -0.25) is 0 Å². The van der Waals surface area contributed by atoms with E-state index >= 15 is 0 Å². The molecule has 6 rings (SSSR count). The topological polar surface area (TPSA) is 283 Å². The van der Waals surface area contributed by atoms with Gasteiger partial charge in [-0.1, -0.05) is 0 Å². The van der Waals surface area contributed by atoms with Gasteiger partial charge >= 0.3 is 38.2 Å². The molecule has 0 aliphatic heterocycles. The fraction of sp³-hybridized carbons (Fsp3) is 0.371. The van der Waals surface area contributed by atoms with Crippen LogP contribution in [0.1, 0.15) is 39.0 Å². The summed E-state index contributed by atoms with van der Waals surface area (Å²) < 4.78 is 7.10. The minimum atomic E-state index is -1.75. The second kappa shape index (κ2) is 24.0. The Labute approximate surface area is 386 Å². The van der Waals surface area contributed by atoms with E-state index in [1.165, 1.54) is 61.3 Å². The molecule has 0 amide bonds. The molecule has 1 radical (unpaired) electrons. The molecule has 59 heavy (non-hydrogen) atoms. The van der Waals surface area contributed by atoms with Gasteiger partial charge in [0.15, 0.2) is 22.8 Å². The van der Waals surface area contributed by atoms with E-state index in [0.29, 0.717) is 0 Å². The number of thiophene rings is 4. The molecule has 1 N–H and O–H groups in total. The molecule has 0 aliphatic rings. The normalized spacial score (nSPS) is 9.80. The molecule has 0 aliphatic carbocycles. The molecule has 0 saturated heterocycles. The van der Waals surface area contributed by atoms with Crippen molar-refractivity contribution >= 4 is 45.3 Å². The number of rotatable bonds is 4. The van der Waals surface area contributed by atoms with Crippen LogP contribution in [0.25, 0.3) is 45.0 Å². The van der Waals surface area contributed by atoms with Crippen LogP contribution in [-0.4, -0.2) is 36.6 Å². The first-order valence-corrected chi connectivity index (χ1v) is 19.8. The average molecular weight is 1050 g/mol. The summed E-state index contributed by atoms with van der Waals surface area (Å²) >= 11 is 7.12. The number of nitrogens with zero attached hydrogens (tertiary/aromatic N) is 7. The van der Waals surface area contributed by atoms with Gasteiger partial charge in [0.25, 0.3) is 0 Å². The third-order valence-electron chi connectivity index (χ3n) is 8.12. The van der Waals surface area contributed by atoms with Crippen LogP contribution in [0.2, 0.25) is 0 Å². The van der Waals surface area contributed by atoms with Gasteiger partial charge in [0.1, 0.15) is 0 Å². The summed E-state index contributed by atoms with van der Waals surface area (Å²) in [5.41, 5.74) is 8.76. The molecule has 6 heterocycles. The average Bonchev–Trinajstić information content (AvgIpc) is 3.90. The zero-order valence-electron chi connectivity index (χ0n) is 34.3. The number of aryl methyl sites for hydroxylation is 8. The van der Waals surface area contributed by atoms with Gasteiger partial charge in [-0.15, -0.1) is 45.3 Å².